The summed E-state index contributed by atoms with van der Waals surface area (Å²) in [5.74, 6) is 1.37. The Hall–Kier alpha value is -2.24. The van der Waals surface area contributed by atoms with E-state index in [0.29, 0.717) is 24.9 Å². The van der Waals surface area contributed by atoms with E-state index in [0.717, 1.165) is 37.0 Å². The Morgan fingerprint density at radius 2 is 1.66 bits per heavy atom. The number of hydrogen-bond donors (Lipinski definition) is 1. The van der Waals surface area contributed by atoms with E-state index >= 15 is 0 Å². The number of amides is 1. The van der Waals surface area contributed by atoms with Gasteiger partial charge in [0.2, 0.25) is 0 Å². The van der Waals surface area contributed by atoms with Crippen LogP contribution in [-0.2, 0) is 20.7 Å². The number of hydrogen-bond acceptors (Lipinski definition) is 5. The number of esters is 1. The van der Waals surface area contributed by atoms with Crippen molar-refractivity contribution < 1.29 is 23.8 Å². The van der Waals surface area contributed by atoms with Gasteiger partial charge in [0.25, 0.3) is 0 Å². The summed E-state index contributed by atoms with van der Waals surface area (Å²) in [5, 5.41) is 2.72. The Balaban J connectivity index is 1.67. The van der Waals surface area contributed by atoms with E-state index in [1.54, 1.807) is 20.8 Å². The van der Waals surface area contributed by atoms with Crippen LogP contribution in [0.3, 0.4) is 0 Å². The van der Waals surface area contributed by atoms with Gasteiger partial charge >= 0.3 is 12.1 Å². The van der Waals surface area contributed by atoms with Gasteiger partial charge in [-0.1, -0.05) is 12.1 Å². The summed E-state index contributed by atoms with van der Waals surface area (Å²) in [7, 11) is 0. The quantitative estimate of drug-likeness (QED) is 0.624. The van der Waals surface area contributed by atoms with Gasteiger partial charge in [0, 0.05) is 6.42 Å². The van der Waals surface area contributed by atoms with E-state index in [-0.39, 0.29) is 12.1 Å². The minimum Gasteiger partial charge on any atom is -0.494 e. The van der Waals surface area contributed by atoms with E-state index in [2.05, 4.69) is 5.32 Å². The maximum absolute atomic E-state index is 13.0. The van der Waals surface area contributed by atoms with Crippen molar-refractivity contribution in [2.75, 3.05) is 6.61 Å². The fourth-order valence-corrected chi connectivity index (χ4v) is 3.41. The van der Waals surface area contributed by atoms with E-state index in [9.17, 15) is 9.59 Å². The minimum absolute atomic E-state index is 0.00855. The van der Waals surface area contributed by atoms with Crippen molar-refractivity contribution >= 4 is 12.1 Å². The first-order valence-electron chi connectivity index (χ1n) is 10.7. The number of rotatable bonds is 9. The molecule has 3 rings (SSSR count). The van der Waals surface area contributed by atoms with E-state index < -0.39 is 17.7 Å². The lowest BCUT2D eigenvalue weighted by molar-refractivity contribution is -0.154. The van der Waals surface area contributed by atoms with Crippen LogP contribution >= 0.6 is 0 Å². The molecule has 1 aromatic rings. The third-order valence-corrected chi connectivity index (χ3v) is 5.08. The van der Waals surface area contributed by atoms with Crippen LogP contribution in [-0.4, -0.2) is 36.4 Å². The highest BCUT2D eigenvalue weighted by Crippen LogP contribution is 2.46. The molecule has 0 spiro atoms. The Labute approximate surface area is 173 Å². The lowest BCUT2D eigenvalue weighted by Gasteiger charge is -2.25. The van der Waals surface area contributed by atoms with Crippen LogP contribution in [0.25, 0.3) is 0 Å². The second-order valence-corrected chi connectivity index (χ2v) is 9.06. The van der Waals surface area contributed by atoms with Gasteiger partial charge in [-0.3, -0.25) is 0 Å². The average molecular weight is 404 g/mol. The monoisotopic (exact) mass is 403 g/mol. The van der Waals surface area contributed by atoms with Crippen LogP contribution in [0, 0.1) is 11.8 Å². The molecule has 6 heteroatoms. The summed E-state index contributed by atoms with van der Waals surface area (Å²) in [6.07, 6.45) is 4.21. The predicted octanol–water partition coefficient (Wildman–Crippen LogP) is 4.25. The average Bonchev–Trinajstić information content (AvgIpc) is 3.53. The summed E-state index contributed by atoms with van der Waals surface area (Å²) in [5.41, 5.74) is 0.281. The summed E-state index contributed by atoms with van der Waals surface area (Å²) in [4.78, 5) is 25.3. The number of carbonyl (C=O) groups is 2. The fraction of sp³-hybridized carbons (Fsp3) is 0.652. The van der Waals surface area contributed by atoms with Gasteiger partial charge in [0.05, 0.1) is 6.61 Å². The highest BCUT2D eigenvalue weighted by Gasteiger charge is 2.45. The van der Waals surface area contributed by atoms with Gasteiger partial charge in [-0.05, 0) is 82.9 Å². The molecule has 2 aliphatic carbocycles. The van der Waals surface area contributed by atoms with Crippen LogP contribution in [0.2, 0.25) is 0 Å². The van der Waals surface area contributed by atoms with Gasteiger partial charge in [-0.25, -0.2) is 9.59 Å². The van der Waals surface area contributed by atoms with Crippen LogP contribution < -0.4 is 10.1 Å². The molecule has 2 saturated carbocycles. The normalized spacial score (nSPS) is 17.6. The molecule has 0 saturated heterocycles. The van der Waals surface area contributed by atoms with Gasteiger partial charge in [0.1, 0.15) is 23.5 Å². The van der Waals surface area contributed by atoms with Gasteiger partial charge in [0.15, 0.2) is 0 Å². The zero-order valence-electron chi connectivity index (χ0n) is 17.9. The summed E-state index contributed by atoms with van der Waals surface area (Å²) in [6.45, 7) is 7.91. The second kappa shape index (κ2) is 9.06. The molecule has 0 aromatic heterocycles. The van der Waals surface area contributed by atoms with Crippen molar-refractivity contribution in [2.45, 2.75) is 77.5 Å². The number of benzene rings is 1. The van der Waals surface area contributed by atoms with Gasteiger partial charge < -0.3 is 19.5 Å². The summed E-state index contributed by atoms with van der Waals surface area (Å²) in [6, 6.07) is 6.75. The molecule has 1 N–H and O–H groups in total. The zero-order chi connectivity index (χ0) is 21.0. The lowest BCUT2D eigenvalue weighted by Crippen LogP contribution is -2.46. The zero-order valence-corrected chi connectivity index (χ0v) is 17.9. The molecule has 0 unspecified atom stereocenters. The molecule has 6 nitrogen and oxygen atoms in total. The van der Waals surface area contributed by atoms with E-state index in [1.807, 2.05) is 31.2 Å². The smallest absolute Gasteiger partial charge is 0.408 e. The predicted molar refractivity (Wildman–Crippen MR) is 110 cm³/mol. The largest absolute Gasteiger partial charge is 0.494 e. The lowest BCUT2D eigenvalue weighted by atomic mass is 10.1. The summed E-state index contributed by atoms with van der Waals surface area (Å²) < 4.78 is 16.7. The molecule has 2 aliphatic rings. The fourth-order valence-electron chi connectivity index (χ4n) is 3.41. The molecule has 0 radical (unpaired) electrons. The molecule has 1 aromatic carbocycles. The molecule has 29 heavy (non-hydrogen) atoms. The van der Waals surface area contributed by atoms with Crippen LogP contribution in [0.15, 0.2) is 24.3 Å². The Kier molecular flexibility index (Phi) is 6.70. The highest BCUT2D eigenvalue weighted by molar-refractivity contribution is 5.82. The molecule has 0 heterocycles. The number of alkyl carbamates (subject to hydrolysis) is 1. The maximum atomic E-state index is 13.0. The first-order valence-corrected chi connectivity index (χ1v) is 10.7. The Bertz CT molecular complexity index is 689. The minimum atomic E-state index is -0.789. The molecular formula is C23H33NO5. The molecule has 2 fully saturated rings. The molecule has 0 aliphatic heterocycles. The molecule has 1 amide bonds. The van der Waals surface area contributed by atoms with Crippen LogP contribution in [0.4, 0.5) is 4.79 Å². The number of carbonyl (C=O) groups excluding carboxylic acids is 2. The third kappa shape index (κ3) is 6.94. The summed E-state index contributed by atoms with van der Waals surface area (Å²) >= 11 is 0. The maximum Gasteiger partial charge on any atom is 0.408 e. The first-order chi connectivity index (χ1) is 13.7. The van der Waals surface area contributed by atoms with Crippen LogP contribution in [0.5, 0.6) is 5.75 Å². The van der Waals surface area contributed by atoms with Crippen molar-refractivity contribution in [1.82, 2.24) is 5.32 Å². The molecular weight excluding hydrogens is 370 g/mol. The third-order valence-electron chi connectivity index (χ3n) is 5.08. The van der Waals surface area contributed by atoms with E-state index in [4.69, 9.17) is 14.2 Å². The molecule has 1 atom stereocenters. The Morgan fingerprint density at radius 3 is 2.14 bits per heavy atom. The SMILES string of the molecule is CCOc1ccc(C[C@@H](NC(=O)OC(C)(C)C)C(=O)OC(C2CC2)C2CC2)cc1. The van der Waals surface area contributed by atoms with Crippen LogP contribution in [0.1, 0.15) is 58.9 Å². The van der Waals surface area contributed by atoms with Crippen molar-refractivity contribution in [2.24, 2.45) is 11.8 Å². The molecule has 160 valence electrons. The second-order valence-electron chi connectivity index (χ2n) is 9.06. The molecule has 0 bridgehead atoms. The standard InChI is InChI=1S/C23H33NO5/c1-5-27-18-12-6-15(7-13-18)14-19(24-22(26)29-23(2,3)4)21(25)28-20(16-8-9-16)17-10-11-17/h6-7,12-13,16-17,19-20H,5,8-11,14H2,1-4H3,(H,24,26)/t19-/m1/s1. The van der Waals surface area contributed by atoms with Crippen molar-refractivity contribution in [3.8, 4) is 5.75 Å². The highest BCUT2D eigenvalue weighted by atomic mass is 16.6. The van der Waals surface area contributed by atoms with Crippen molar-refractivity contribution in [3.63, 3.8) is 0 Å². The van der Waals surface area contributed by atoms with Gasteiger partial charge in [-0.2, -0.15) is 0 Å². The Morgan fingerprint density at radius 1 is 1.07 bits per heavy atom. The van der Waals surface area contributed by atoms with E-state index in [1.165, 1.54) is 0 Å². The number of nitrogens with one attached hydrogen (secondary N) is 1. The van der Waals surface area contributed by atoms with Crippen molar-refractivity contribution in [1.29, 1.82) is 0 Å². The van der Waals surface area contributed by atoms with Gasteiger partial charge in [-0.15, -0.1) is 0 Å². The number of ether oxygens (including phenoxy) is 3. The topological polar surface area (TPSA) is 73.9 Å². The first kappa shape index (κ1) is 21.5. The van der Waals surface area contributed by atoms with Crippen molar-refractivity contribution in [3.05, 3.63) is 29.8 Å².